The zero-order valence-corrected chi connectivity index (χ0v) is 8.57. The predicted molar refractivity (Wildman–Crippen MR) is 51.0 cm³/mol. The molecule has 5 nitrogen and oxygen atoms in total. The first-order valence-corrected chi connectivity index (χ1v) is 5.28. The molecule has 2 heterocycles. The normalized spacial score (nSPS) is 26.9. The predicted octanol–water partition coefficient (Wildman–Crippen LogP) is 0.133. The maximum absolute atomic E-state index is 11.8. The number of likely N-dealkylation sites (tertiary alicyclic amines) is 1. The third-order valence-corrected chi connectivity index (χ3v) is 2.90. The number of aliphatic hydroxyl groups is 1. The summed E-state index contributed by atoms with van der Waals surface area (Å²) >= 11 is 1.16. The first kappa shape index (κ1) is 9.54. The van der Waals surface area contributed by atoms with Crippen molar-refractivity contribution in [2.75, 3.05) is 6.54 Å². The van der Waals surface area contributed by atoms with Crippen molar-refractivity contribution in [3.05, 3.63) is 11.1 Å². The van der Waals surface area contributed by atoms with Crippen LogP contribution in [0.15, 0.2) is 5.38 Å². The molecule has 0 saturated carbocycles. The first-order chi connectivity index (χ1) is 6.68. The molecule has 0 spiro atoms. The molecular weight excluding hydrogens is 202 g/mol. The number of hydrogen-bond donors (Lipinski definition) is 1. The largest absolute Gasteiger partial charge is 0.391 e. The van der Waals surface area contributed by atoms with Crippen molar-refractivity contribution < 1.29 is 9.90 Å². The van der Waals surface area contributed by atoms with Crippen LogP contribution in [0.3, 0.4) is 0 Å². The molecule has 0 aliphatic carbocycles. The van der Waals surface area contributed by atoms with Gasteiger partial charge in [0.1, 0.15) is 0 Å². The van der Waals surface area contributed by atoms with Crippen molar-refractivity contribution in [1.82, 2.24) is 14.5 Å². The van der Waals surface area contributed by atoms with Crippen LogP contribution in [0.1, 0.15) is 23.8 Å². The summed E-state index contributed by atoms with van der Waals surface area (Å²) in [6.07, 6.45) is 0.240. The molecule has 2 unspecified atom stereocenters. The van der Waals surface area contributed by atoms with E-state index in [0.29, 0.717) is 18.7 Å². The van der Waals surface area contributed by atoms with Gasteiger partial charge in [0.25, 0.3) is 5.91 Å². The molecule has 1 saturated heterocycles. The maximum atomic E-state index is 11.8. The molecule has 1 aromatic heterocycles. The summed E-state index contributed by atoms with van der Waals surface area (Å²) in [5.74, 6) is -0.136. The SMILES string of the molecule is CC1CC(O)CN1C(=O)c1csnn1. The number of amides is 1. The molecule has 1 aliphatic rings. The van der Waals surface area contributed by atoms with Crippen LogP contribution in [0.5, 0.6) is 0 Å². The minimum atomic E-state index is -0.402. The summed E-state index contributed by atoms with van der Waals surface area (Å²) in [5.41, 5.74) is 0.371. The Labute approximate surface area is 85.5 Å². The van der Waals surface area contributed by atoms with Crippen LogP contribution in [-0.2, 0) is 0 Å². The molecule has 1 N–H and O–H groups in total. The zero-order chi connectivity index (χ0) is 10.1. The number of rotatable bonds is 1. The molecule has 2 rings (SSSR count). The van der Waals surface area contributed by atoms with Crippen LogP contribution >= 0.6 is 11.5 Å². The van der Waals surface area contributed by atoms with Crippen LogP contribution in [0.25, 0.3) is 0 Å². The third kappa shape index (κ3) is 1.62. The van der Waals surface area contributed by atoms with Crippen LogP contribution in [-0.4, -0.2) is 44.2 Å². The van der Waals surface area contributed by atoms with E-state index in [9.17, 15) is 9.90 Å². The van der Waals surface area contributed by atoms with Gasteiger partial charge in [0, 0.05) is 18.0 Å². The van der Waals surface area contributed by atoms with Gasteiger partial charge < -0.3 is 10.0 Å². The lowest BCUT2D eigenvalue weighted by Gasteiger charge is -2.19. The van der Waals surface area contributed by atoms with E-state index in [1.165, 1.54) is 0 Å². The molecule has 14 heavy (non-hydrogen) atoms. The van der Waals surface area contributed by atoms with E-state index >= 15 is 0 Å². The number of aromatic nitrogens is 2. The third-order valence-electron chi connectivity index (χ3n) is 2.39. The Kier molecular flexibility index (Phi) is 2.47. The molecule has 1 aromatic rings. The molecule has 76 valence electrons. The number of β-amino-alcohol motifs (C(OH)–C–C–N with tert-alkyl or cyclic N) is 1. The fraction of sp³-hybridized carbons (Fsp3) is 0.625. The minimum Gasteiger partial charge on any atom is -0.391 e. The Balaban J connectivity index is 2.13. The Hall–Kier alpha value is -1.01. The average molecular weight is 213 g/mol. The van der Waals surface area contributed by atoms with E-state index in [2.05, 4.69) is 9.59 Å². The van der Waals surface area contributed by atoms with Crippen molar-refractivity contribution in [3.63, 3.8) is 0 Å². The van der Waals surface area contributed by atoms with Gasteiger partial charge in [-0.15, -0.1) is 5.10 Å². The van der Waals surface area contributed by atoms with E-state index in [4.69, 9.17) is 0 Å². The molecule has 1 aliphatic heterocycles. The van der Waals surface area contributed by atoms with E-state index in [1.54, 1.807) is 10.3 Å². The second-order valence-electron chi connectivity index (χ2n) is 3.49. The number of nitrogens with zero attached hydrogens (tertiary/aromatic N) is 3. The Bertz CT molecular complexity index is 327. The van der Waals surface area contributed by atoms with Crippen molar-refractivity contribution >= 4 is 17.4 Å². The lowest BCUT2D eigenvalue weighted by Crippen LogP contribution is -2.34. The van der Waals surface area contributed by atoms with Crippen LogP contribution in [0.4, 0.5) is 0 Å². The molecule has 0 bridgehead atoms. The van der Waals surface area contributed by atoms with Crippen LogP contribution in [0.2, 0.25) is 0 Å². The Morgan fingerprint density at radius 3 is 3.07 bits per heavy atom. The van der Waals surface area contributed by atoms with E-state index < -0.39 is 6.10 Å². The number of carbonyl (C=O) groups excluding carboxylic acids is 1. The molecular formula is C8H11N3O2S. The van der Waals surface area contributed by atoms with Crippen molar-refractivity contribution in [1.29, 1.82) is 0 Å². The van der Waals surface area contributed by atoms with Gasteiger partial charge in [-0.1, -0.05) is 4.49 Å². The number of hydrogen-bond acceptors (Lipinski definition) is 5. The van der Waals surface area contributed by atoms with Gasteiger partial charge in [-0.25, -0.2) is 0 Å². The van der Waals surface area contributed by atoms with Crippen LogP contribution < -0.4 is 0 Å². The summed E-state index contributed by atoms with van der Waals surface area (Å²) in [7, 11) is 0. The molecule has 2 atom stereocenters. The molecule has 1 fully saturated rings. The lowest BCUT2D eigenvalue weighted by atomic mass is 10.2. The standard InChI is InChI=1S/C8H11N3O2S/c1-5-2-6(12)3-11(5)8(13)7-4-14-10-9-7/h4-6,12H,2-3H2,1H3. The van der Waals surface area contributed by atoms with Crippen molar-refractivity contribution in [2.45, 2.75) is 25.5 Å². The van der Waals surface area contributed by atoms with Gasteiger partial charge >= 0.3 is 0 Å². The average Bonchev–Trinajstić information content (AvgIpc) is 2.73. The van der Waals surface area contributed by atoms with Crippen molar-refractivity contribution in [3.8, 4) is 0 Å². The van der Waals surface area contributed by atoms with Gasteiger partial charge in [0.05, 0.1) is 6.10 Å². The fourth-order valence-corrected chi connectivity index (χ4v) is 2.12. The van der Waals surface area contributed by atoms with Gasteiger partial charge in [-0.05, 0) is 24.9 Å². The Morgan fingerprint density at radius 1 is 1.79 bits per heavy atom. The highest BCUT2D eigenvalue weighted by atomic mass is 32.1. The summed E-state index contributed by atoms with van der Waals surface area (Å²) in [5, 5.41) is 14.7. The quantitative estimate of drug-likeness (QED) is 0.720. The lowest BCUT2D eigenvalue weighted by molar-refractivity contribution is 0.0720. The zero-order valence-electron chi connectivity index (χ0n) is 7.75. The highest BCUT2D eigenvalue weighted by Crippen LogP contribution is 2.19. The van der Waals surface area contributed by atoms with Gasteiger partial charge in [-0.2, -0.15) is 0 Å². The van der Waals surface area contributed by atoms with Gasteiger partial charge in [0.15, 0.2) is 5.69 Å². The highest BCUT2D eigenvalue weighted by molar-refractivity contribution is 7.03. The molecule has 6 heteroatoms. The van der Waals surface area contributed by atoms with Gasteiger partial charge in [0.2, 0.25) is 0 Å². The number of aliphatic hydroxyl groups excluding tert-OH is 1. The van der Waals surface area contributed by atoms with E-state index in [0.717, 1.165) is 11.5 Å². The summed E-state index contributed by atoms with van der Waals surface area (Å²) in [6.45, 7) is 2.32. The fourth-order valence-electron chi connectivity index (χ4n) is 1.69. The minimum absolute atomic E-state index is 0.0826. The molecule has 0 aromatic carbocycles. The Morgan fingerprint density at radius 2 is 2.57 bits per heavy atom. The maximum Gasteiger partial charge on any atom is 0.275 e. The first-order valence-electron chi connectivity index (χ1n) is 4.44. The smallest absolute Gasteiger partial charge is 0.275 e. The van der Waals surface area contributed by atoms with E-state index in [1.807, 2.05) is 6.92 Å². The monoisotopic (exact) mass is 213 g/mol. The second-order valence-corrected chi connectivity index (χ2v) is 4.10. The summed E-state index contributed by atoms with van der Waals surface area (Å²) in [4.78, 5) is 13.4. The highest BCUT2D eigenvalue weighted by Gasteiger charge is 2.32. The molecule has 1 amide bonds. The summed E-state index contributed by atoms with van der Waals surface area (Å²) < 4.78 is 3.64. The van der Waals surface area contributed by atoms with E-state index in [-0.39, 0.29) is 11.9 Å². The molecule has 0 radical (unpaired) electrons. The summed E-state index contributed by atoms with van der Waals surface area (Å²) in [6, 6.07) is 0.0826. The second kappa shape index (κ2) is 3.62. The van der Waals surface area contributed by atoms with Crippen molar-refractivity contribution in [2.24, 2.45) is 0 Å². The van der Waals surface area contributed by atoms with Crippen LogP contribution in [0, 0.1) is 0 Å². The topological polar surface area (TPSA) is 66.3 Å². The van der Waals surface area contributed by atoms with Gasteiger partial charge in [-0.3, -0.25) is 4.79 Å². The number of carbonyl (C=O) groups is 1.